The van der Waals surface area contributed by atoms with Crippen LogP contribution in [0.2, 0.25) is 0 Å². The Balaban J connectivity index is 2.18. The molecule has 1 heterocycles. The number of carbonyl (C=O) groups excluding carboxylic acids is 1. The molecule has 0 amide bonds. The van der Waals surface area contributed by atoms with Gasteiger partial charge in [0, 0.05) is 25.2 Å². The van der Waals surface area contributed by atoms with Crippen molar-refractivity contribution in [2.45, 2.75) is 38.1 Å². The number of carbonyl (C=O) groups is 1. The van der Waals surface area contributed by atoms with Gasteiger partial charge >= 0.3 is 5.97 Å². The zero-order valence-electron chi connectivity index (χ0n) is 11.9. The molecule has 5 nitrogen and oxygen atoms in total. The van der Waals surface area contributed by atoms with Crippen molar-refractivity contribution in [3.05, 3.63) is 0 Å². The molecule has 5 heteroatoms. The number of hydrogen-bond donors (Lipinski definition) is 1. The summed E-state index contributed by atoms with van der Waals surface area (Å²) in [4.78, 5) is 14.7. The Morgan fingerprint density at radius 2 is 2.00 bits per heavy atom. The van der Waals surface area contributed by atoms with E-state index in [0.717, 1.165) is 39.1 Å². The fraction of sp³-hybridized carbons (Fsp3) is 0.929. The van der Waals surface area contributed by atoms with Crippen LogP contribution in [0.15, 0.2) is 0 Å². The topological polar surface area (TPSA) is 64.8 Å². The zero-order valence-corrected chi connectivity index (χ0v) is 11.9. The normalized spacial score (nSPS) is 25.2. The number of nitrogens with two attached hydrogens (primary N) is 1. The van der Waals surface area contributed by atoms with E-state index in [-0.39, 0.29) is 17.4 Å². The van der Waals surface area contributed by atoms with E-state index in [0.29, 0.717) is 13.2 Å². The van der Waals surface area contributed by atoms with Gasteiger partial charge in [-0.3, -0.25) is 9.69 Å². The maximum Gasteiger partial charge on any atom is 0.312 e. The molecular formula is C14H26N2O3. The van der Waals surface area contributed by atoms with Gasteiger partial charge in [0.2, 0.25) is 0 Å². The monoisotopic (exact) mass is 270 g/mol. The van der Waals surface area contributed by atoms with Crippen LogP contribution in [0.5, 0.6) is 0 Å². The van der Waals surface area contributed by atoms with Gasteiger partial charge in [-0.25, -0.2) is 0 Å². The average Bonchev–Trinajstić information content (AvgIpc) is 2.91. The number of hydrogen-bond acceptors (Lipinski definition) is 5. The summed E-state index contributed by atoms with van der Waals surface area (Å²) in [5.74, 6) is -0.327. The molecule has 0 aromatic carbocycles. The van der Waals surface area contributed by atoms with E-state index in [9.17, 15) is 4.79 Å². The van der Waals surface area contributed by atoms with Gasteiger partial charge in [-0.2, -0.15) is 0 Å². The fourth-order valence-corrected chi connectivity index (χ4v) is 3.66. The lowest BCUT2D eigenvalue weighted by Gasteiger charge is -2.47. The van der Waals surface area contributed by atoms with Crippen LogP contribution < -0.4 is 5.73 Å². The van der Waals surface area contributed by atoms with Gasteiger partial charge in [0.05, 0.1) is 25.7 Å². The van der Waals surface area contributed by atoms with Crippen LogP contribution in [-0.4, -0.2) is 55.9 Å². The number of nitrogens with zero attached hydrogens (tertiary/aromatic N) is 1. The van der Waals surface area contributed by atoms with Gasteiger partial charge in [0.1, 0.15) is 0 Å². The van der Waals surface area contributed by atoms with Crippen molar-refractivity contribution < 1.29 is 14.3 Å². The molecule has 0 aromatic heterocycles. The fourth-order valence-electron chi connectivity index (χ4n) is 3.66. The van der Waals surface area contributed by atoms with Gasteiger partial charge in [0.15, 0.2) is 0 Å². The number of esters is 1. The predicted octanol–water partition coefficient (Wildman–Crippen LogP) is 0.769. The second-order valence-corrected chi connectivity index (χ2v) is 5.45. The number of rotatable bonds is 5. The SMILES string of the molecule is CCOC(=O)[C@@H](CN)C1(N2CCOCC2)CCCC1. The summed E-state index contributed by atoms with van der Waals surface area (Å²) in [5.41, 5.74) is 5.82. The lowest BCUT2D eigenvalue weighted by Crippen LogP contribution is -2.59. The molecule has 0 aromatic rings. The third-order valence-electron chi connectivity index (χ3n) is 4.57. The third-order valence-corrected chi connectivity index (χ3v) is 4.57. The van der Waals surface area contributed by atoms with Crippen molar-refractivity contribution in [1.29, 1.82) is 0 Å². The Bertz CT molecular complexity index is 297. The molecule has 1 atom stereocenters. The maximum absolute atomic E-state index is 12.2. The second kappa shape index (κ2) is 6.68. The van der Waals surface area contributed by atoms with Gasteiger partial charge in [0.25, 0.3) is 0 Å². The van der Waals surface area contributed by atoms with Crippen molar-refractivity contribution in [3.8, 4) is 0 Å². The van der Waals surface area contributed by atoms with Crippen molar-refractivity contribution in [2.75, 3.05) is 39.5 Å². The molecule has 1 aliphatic heterocycles. The molecule has 0 bridgehead atoms. The minimum absolute atomic E-state index is 0.0925. The molecule has 19 heavy (non-hydrogen) atoms. The minimum atomic E-state index is -0.201. The molecule has 2 N–H and O–H groups in total. The first kappa shape index (κ1) is 14.8. The summed E-state index contributed by atoms with van der Waals surface area (Å²) in [6.45, 7) is 5.95. The van der Waals surface area contributed by atoms with E-state index in [2.05, 4.69) is 4.90 Å². The third kappa shape index (κ3) is 2.93. The van der Waals surface area contributed by atoms with Gasteiger partial charge < -0.3 is 15.2 Å². The highest BCUT2D eigenvalue weighted by molar-refractivity contribution is 5.74. The molecule has 2 fully saturated rings. The average molecular weight is 270 g/mol. The summed E-state index contributed by atoms with van der Waals surface area (Å²) in [6, 6.07) is 0. The van der Waals surface area contributed by atoms with Crippen LogP contribution in [0.1, 0.15) is 32.6 Å². The molecular weight excluding hydrogens is 244 g/mol. The number of morpholine rings is 1. The van der Waals surface area contributed by atoms with Crippen LogP contribution in [0.4, 0.5) is 0 Å². The van der Waals surface area contributed by atoms with Gasteiger partial charge in [-0.15, -0.1) is 0 Å². The summed E-state index contributed by atoms with van der Waals surface area (Å²) in [7, 11) is 0. The summed E-state index contributed by atoms with van der Waals surface area (Å²) >= 11 is 0. The summed E-state index contributed by atoms with van der Waals surface area (Å²) < 4.78 is 10.7. The van der Waals surface area contributed by atoms with E-state index in [1.807, 2.05) is 6.92 Å². The maximum atomic E-state index is 12.2. The summed E-state index contributed by atoms with van der Waals surface area (Å²) in [5, 5.41) is 0. The molecule has 2 aliphatic rings. The molecule has 110 valence electrons. The Hall–Kier alpha value is -0.650. The summed E-state index contributed by atoms with van der Waals surface area (Å²) in [6.07, 6.45) is 4.45. The van der Waals surface area contributed by atoms with E-state index >= 15 is 0 Å². The zero-order chi connectivity index (χ0) is 13.7. The molecule has 0 radical (unpaired) electrons. The Kier molecular flexibility index (Phi) is 5.19. The quantitative estimate of drug-likeness (QED) is 0.748. The highest BCUT2D eigenvalue weighted by Crippen LogP contribution is 2.41. The molecule has 0 unspecified atom stereocenters. The molecule has 0 spiro atoms. The van der Waals surface area contributed by atoms with Crippen LogP contribution in [0, 0.1) is 5.92 Å². The predicted molar refractivity (Wildman–Crippen MR) is 72.8 cm³/mol. The van der Waals surface area contributed by atoms with Crippen molar-refractivity contribution >= 4 is 5.97 Å². The van der Waals surface area contributed by atoms with Crippen LogP contribution >= 0.6 is 0 Å². The van der Waals surface area contributed by atoms with Gasteiger partial charge in [-0.1, -0.05) is 12.8 Å². The Morgan fingerprint density at radius 1 is 1.37 bits per heavy atom. The smallest absolute Gasteiger partial charge is 0.312 e. The first-order chi connectivity index (χ1) is 9.24. The van der Waals surface area contributed by atoms with E-state index < -0.39 is 0 Å². The molecule has 1 aliphatic carbocycles. The first-order valence-electron chi connectivity index (χ1n) is 7.44. The van der Waals surface area contributed by atoms with Gasteiger partial charge in [-0.05, 0) is 19.8 Å². The van der Waals surface area contributed by atoms with E-state index in [4.69, 9.17) is 15.2 Å². The molecule has 1 saturated heterocycles. The lowest BCUT2D eigenvalue weighted by atomic mass is 9.80. The Labute approximate surface area is 115 Å². The standard InChI is InChI=1S/C14H26N2O3/c1-2-19-13(17)12(11-15)14(5-3-4-6-14)16-7-9-18-10-8-16/h12H,2-11,15H2,1H3/t12-/m1/s1. The van der Waals surface area contributed by atoms with Crippen molar-refractivity contribution in [2.24, 2.45) is 11.7 Å². The largest absolute Gasteiger partial charge is 0.466 e. The van der Waals surface area contributed by atoms with E-state index in [1.165, 1.54) is 12.8 Å². The Morgan fingerprint density at radius 3 is 2.53 bits per heavy atom. The lowest BCUT2D eigenvalue weighted by molar-refractivity contribution is -0.155. The second-order valence-electron chi connectivity index (χ2n) is 5.45. The molecule has 2 rings (SSSR count). The molecule has 1 saturated carbocycles. The van der Waals surface area contributed by atoms with Crippen LogP contribution in [-0.2, 0) is 14.3 Å². The highest BCUT2D eigenvalue weighted by Gasteiger charge is 2.49. The highest BCUT2D eigenvalue weighted by atomic mass is 16.5. The van der Waals surface area contributed by atoms with Crippen LogP contribution in [0.25, 0.3) is 0 Å². The minimum Gasteiger partial charge on any atom is -0.466 e. The van der Waals surface area contributed by atoms with Crippen molar-refractivity contribution in [3.63, 3.8) is 0 Å². The number of ether oxygens (including phenoxy) is 2. The first-order valence-corrected chi connectivity index (χ1v) is 7.44. The van der Waals surface area contributed by atoms with E-state index in [1.54, 1.807) is 0 Å². The van der Waals surface area contributed by atoms with Crippen LogP contribution in [0.3, 0.4) is 0 Å². The van der Waals surface area contributed by atoms with Crippen molar-refractivity contribution in [1.82, 2.24) is 4.90 Å².